The summed E-state index contributed by atoms with van der Waals surface area (Å²) in [5.74, 6) is -1.50. The molecule has 9 heterocycles. The third-order valence-electron chi connectivity index (χ3n) is 13.3. The average Bonchev–Trinajstić information content (AvgIpc) is 4.17. The Morgan fingerprint density at radius 3 is 0.961 bits per heavy atom. The van der Waals surface area contributed by atoms with Crippen molar-refractivity contribution in [3.63, 3.8) is 0 Å². The van der Waals surface area contributed by atoms with Crippen LogP contribution in [0.25, 0.3) is 100 Å². The number of hydrogen-bond acceptors (Lipinski definition) is 12. The summed E-state index contributed by atoms with van der Waals surface area (Å²) in [5.41, 5.74) is 8.07. The third kappa shape index (κ3) is 8.27. The van der Waals surface area contributed by atoms with Crippen LogP contribution in [0.1, 0.15) is 31.1 Å². The van der Waals surface area contributed by atoms with E-state index >= 15 is 0 Å². The molecule has 76 heavy (non-hydrogen) atoms. The number of carbonyl (C=O) groups is 3. The maximum absolute atomic E-state index is 14.5. The van der Waals surface area contributed by atoms with Gasteiger partial charge in [0.2, 0.25) is 0 Å². The Morgan fingerprint density at radius 1 is 0.395 bits per heavy atom. The van der Waals surface area contributed by atoms with Gasteiger partial charge < -0.3 is 42.9 Å². The van der Waals surface area contributed by atoms with E-state index in [1.807, 2.05) is 91.0 Å². The molecule has 0 saturated carbocycles. The number of fused-ring (bicyclic) bond motifs is 9. The van der Waals surface area contributed by atoms with Crippen LogP contribution >= 0.6 is 0 Å². The molecule has 0 spiro atoms. The molecular formula is C60H36IrN9O6. The molecule has 16 heteroatoms. The molecule has 0 saturated heterocycles. The van der Waals surface area contributed by atoms with E-state index in [4.69, 9.17) is 13.3 Å². The van der Waals surface area contributed by atoms with Gasteiger partial charge in [-0.05, 0) is 105 Å². The van der Waals surface area contributed by atoms with Gasteiger partial charge >= 0.3 is 20.1 Å². The fourth-order valence-corrected chi connectivity index (χ4v) is 9.15. The van der Waals surface area contributed by atoms with Crippen molar-refractivity contribution >= 4 is 101 Å². The minimum atomic E-state index is -0.501. The average molecular weight is 1170 g/mol. The van der Waals surface area contributed by atoms with E-state index in [0.29, 0.717) is 68.4 Å². The van der Waals surface area contributed by atoms with E-state index in [1.165, 1.54) is 32.9 Å². The normalized spacial score (nSPS) is 11.4. The smallest absolute Gasteiger partial charge is 0.451 e. The monoisotopic (exact) mass is 1170 g/mol. The number of pyridine rings is 6. The quantitative estimate of drug-likeness (QED) is 0.125. The van der Waals surface area contributed by atoms with Gasteiger partial charge in [-0.3, -0.25) is 14.4 Å². The first-order valence-corrected chi connectivity index (χ1v) is 23.6. The second-order valence-corrected chi connectivity index (χ2v) is 17.8. The predicted octanol–water partition coefficient (Wildman–Crippen LogP) is 12.0. The van der Waals surface area contributed by atoms with Crippen LogP contribution < -0.4 is 14.7 Å². The molecule has 0 radical (unpaired) electrons. The van der Waals surface area contributed by atoms with Gasteiger partial charge in [0.05, 0.1) is 17.1 Å². The third-order valence-corrected chi connectivity index (χ3v) is 13.3. The molecule has 0 atom stereocenters. The number of furan rings is 3. The van der Waals surface area contributed by atoms with Crippen molar-refractivity contribution in [1.29, 1.82) is 0 Å². The van der Waals surface area contributed by atoms with E-state index in [0.717, 1.165) is 49.1 Å². The molecule has 0 aliphatic heterocycles. The molecule has 9 aromatic heterocycles. The summed E-state index contributed by atoms with van der Waals surface area (Å²) in [6.45, 7) is 0. The van der Waals surface area contributed by atoms with Crippen LogP contribution in [0.15, 0.2) is 177 Å². The zero-order chi connectivity index (χ0) is 50.9. The van der Waals surface area contributed by atoms with Crippen molar-refractivity contribution < 1.29 is 47.7 Å². The summed E-state index contributed by atoms with van der Waals surface area (Å²) >= 11 is 0. The maximum Gasteiger partial charge on any atom is 3.00 e. The van der Waals surface area contributed by atoms with Crippen LogP contribution in [-0.4, -0.2) is 68.8 Å². The molecule has 0 N–H and O–H groups in total. The Kier molecular flexibility index (Phi) is 11.8. The summed E-state index contributed by atoms with van der Waals surface area (Å²) in [6.07, 6.45) is 4.64. The number of benzene rings is 4. The van der Waals surface area contributed by atoms with Crippen molar-refractivity contribution in [3.05, 3.63) is 199 Å². The van der Waals surface area contributed by atoms with E-state index < -0.39 is 17.7 Å². The van der Waals surface area contributed by atoms with Gasteiger partial charge in [0, 0.05) is 56.4 Å². The number of nitrogens with zero attached hydrogens (tertiary/aromatic N) is 9. The Bertz CT molecular complexity index is 3980. The molecular weight excluding hydrogens is 1130 g/mol. The van der Waals surface area contributed by atoms with Gasteiger partial charge in [0.1, 0.15) is 16.7 Å². The van der Waals surface area contributed by atoms with Crippen LogP contribution in [0, 0.1) is 18.2 Å². The molecule has 3 amide bonds. The molecule has 13 aromatic rings. The Balaban J connectivity index is 0.00000582. The van der Waals surface area contributed by atoms with Gasteiger partial charge in [-0.15, -0.1) is 0 Å². The van der Waals surface area contributed by atoms with Crippen molar-refractivity contribution in [1.82, 2.24) is 29.9 Å². The van der Waals surface area contributed by atoms with Crippen molar-refractivity contribution in [3.8, 4) is 34.2 Å². The van der Waals surface area contributed by atoms with Gasteiger partial charge in [-0.2, -0.15) is 36.4 Å². The molecule has 15 nitrogen and oxygen atoms in total. The van der Waals surface area contributed by atoms with Crippen LogP contribution in [0.5, 0.6) is 0 Å². The number of aromatic nitrogens is 6. The largest absolute Gasteiger partial charge is 3.00 e. The number of hydrogen-bond donors (Lipinski definition) is 0. The van der Waals surface area contributed by atoms with Crippen molar-refractivity contribution in [2.75, 3.05) is 35.8 Å². The Labute approximate surface area is 445 Å². The minimum Gasteiger partial charge on any atom is -0.451 e. The molecule has 0 aliphatic carbocycles. The second-order valence-electron chi connectivity index (χ2n) is 17.8. The standard InChI is InChI=1S/C60H36N9O6.Ir/c1-67(37-16-22-46(61-31-37)49-25-19-43-40-10-4-7-13-52(40)73-55(43)64-49)58(70)34-28-35(59(71)68(2)38-17-23-47(62-32-38)50-26-20-44-41-11-5-8-14-53(41)74-56(44)65-50)30-36(29-34)60(72)69(3)39-18-24-48(63-33-39)51-27-21-45-42-12-6-9-15-54(42)75-57(45)66-51;/h4-24,28-33H,1-3H3;/q-3;+3. The number of carbonyl (C=O) groups excluding carboxylic acids is 3. The number of rotatable bonds is 9. The minimum absolute atomic E-state index is 0. The van der Waals surface area contributed by atoms with Crippen LogP contribution in [0.3, 0.4) is 0 Å². The summed E-state index contributed by atoms with van der Waals surface area (Å²) in [7, 11) is 4.78. The van der Waals surface area contributed by atoms with Gasteiger partial charge in [0.25, 0.3) is 17.7 Å². The summed E-state index contributed by atoms with van der Waals surface area (Å²) in [5, 5.41) is 5.33. The first-order chi connectivity index (χ1) is 36.6. The van der Waals surface area contributed by atoms with Crippen LogP contribution in [-0.2, 0) is 20.1 Å². The zero-order valence-electron chi connectivity index (χ0n) is 40.4. The second kappa shape index (κ2) is 18.9. The topological polar surface area (TPSA) is 178 Å². The van der Waals surface area contributed by atoms with E-state index in [1.54, 1.807) is 76.1 Å². The zero-order valence-corrected chi connectivity index (χ0v) is 42.8. The number of anilines is 3. The fraction of sp³-hybridized carbons (Fsp3) is 0.0500. The van der Waals surface area contributed by atoms with E-state index in [2.05, 4.69) is 48.1 Å². The predicted molar refractivity (Wildman–Crippen MR) is 285 cm³/mol. The summed E-state index contributed by atoms with van der Waals surface area (Å²) in [6, 6.07) is 53.0. The van der Waals surface area contributed by atoms with E-state index in [-0.39, 0.29) is 36.8 Å². The first-order valence-electron chi connectivity index (χ1n) is 23.6. The molecule has 0 unspecified atom stereocenters. The Hall–Kier alpha value is -9.76. The van der Waals surface area contributed by atoms with Crippen molar-refractivity contribution in [2.45, 2.75) is 0 Å². The summed E-state index contributed by atoms with van der Waals surface area (Å²) in [4.78, 5) is 75.7. The molecule has 13 rings (SSSR count). The van der Waals surface area contributed by atoms with E-state index in [9.17, 15) is 14.4 Å². The van der Waals surface area contributed by atoms with Gasteiger partial charge in [-0.1, -0.05) is 89.0 Å². The Morgan fingerprint density at radius 2 is 0.684 bits per heavy atom. The summed E-state index contributed by atoms with van der Waals surface area (Å²) < 4.78 is 18.0. The fourth-order valence-electron chi connectivity index (χ4n) is 9.15. The molecule has 0 fully saturated rings. The molecule has 4 aromatic carbocycles. The molecule has 0 aliphatic rings. The maximum atomic E-state index is 14.5. The first kappa shape index (κ1) is 47.3. The van der Waals surface area contributed by atoms with Crippen LogP contribution in [0.4, 0.5) is 17.1 Å². The van der Waals surface area contributed by atoms with Crippen molar-refractivity contribution in [2.24, 2.45) is 0 Å². The van der Waals surface area contributed by atoms with Gasteiger partial charge in [-0.25, -0.2) is 15.0 Å². The molecule has 0 bridgehead atoms. The van der Waals surface area contributed by atoms with Crippen LogP contribution in [0.2, 0.25) is 0 Å². The number of amides is 3. The molecule has 366 valence electrons. The SMILES string of the molecule is CN(C(=O)c1cc(C(=O)N(C)c2ccc(-c3[c-]cc4c(n3)oc3ccccc34)nc2)cc(C(=O)N(C)c2ccc(-c3[c-]cc4c(n3)oc3ccccc34)nc2)c1)c1ccc(-c2[c-]cc3c(n2)oc2ccccc23)nc1.[Ir+3]. The van der Waals surface area contributed by atoms with Gasteiger partial charge in [0.15, 0.2) is 17.1 Å². The number of para-hydroxylation sites is 3.